The smallest absolute Gasteiger partial charge is 0.0937 e. The molecule has 6 atom stereocenters. The van der Waals surface area contributed by atoms with E-state index in [2.05, 4.69) is 5.32 Å². The molecule has 106 valence electrons. The number of amidine groups is 2. The minimum Gasteiger partial charge on any atom is -0.387 e. The Morgan fingerprint density at radius 2 is 1.21 bits per heavy atom. The van der Waals surface area contributed by atoms with E-state index >= 15 is 0 Å². The summed E-state index contributed by atoms with van der Waals surface area (Å²) in [7, 11) is 0. The van der Waals surface area contributed by atoms with Crippen molar-refractivity contribution >= 4 is 11.7 Å². The zero-order valence-electron chi connectivity index (χ0n) is 11.4. The number of hydrogen-bond donors (Lipinski definition) is 5. The van der Waals surface area contributed by atoms with Gasteiger partial charge in [0.05, 0.1) is 11.7 Å². The molecule has 19 heavy (non-hydrogen) atoms. The SMILES string of the molecule is N=C(N)C1CCC2C(C1)NC1CC(C(=N)N)CCC12. The molecule has 0 amide bonds. The molecule has 0 radical (unpaired) electrons. The average Bonchev–Trinajstić information content (AvgIpc) is 2.74. The predicted octanol–water partition coefficient (Wildman–Crippen LogP) is 1.03. The molecule has 1 heterocycles. The highest BCUT2D eigenvalue weighted by molar-refractivity contribution is 5.80. The molecule has 0 bridgehead atoms. The minimum atomic E-state index is 0.275. The third-order valence-electron chi connectivity index (χ3n) is 5.67. The quantitative estimate of drug-likeness (QED) is 0.379. The van der Waals surface area contributed by atoms with E-state index in [1.807, 2.05) is 0 Å². The van der Waals surface area contributed by atoms with Crippen LogP contribution in [0.2, 0.25) is 0 Å². The maximum absolute atomic E-state index is 7.64. The van der Waals surface area contributed by atoms with Crippen LogP contribution in [0.3, 0.4) is 0 Å². The predicted molar refractivity (Wildman–Crippen MR) is 76.2 cm³/mol. The van der Waals surface area contributed by atoms with E-state index in [9.17, 15) is 0 Å². The first-order valence-corrected chi connectivity index (χ1v) is 7.50. The van der Waals surface area contributed by atoms with Crippen molar-refractivity contribution in [2.24, 2.45) is 35.1 Å². The fraction of sp³-hybridized carbons (Fsp3) is 0.857. The summed E-state index contributed by atoms with van der Waals surface area (Å²) in [6.07, 6.45) is 6.62. The van der Waals surface area contributed by atoms with E-state index in [1.54, 1.807) is 0 Å². The van der Waals surface area contributed by atoms with Crippen molar-refractivity contribution in [3.8, 4) is 0 Å². The topological polar surface area (TPSA) is 112 Å². The zero-order chi connectivity index (χ0) is 13.6. The van der Waals surface area contributed by atoms with E-state index < -0.39 is 0 Å². The first kappa shape index (κ1) is 12.9. The summed E-state index contributed by atoms with van der Waals surface area (Å²) in [6, 6.07) is 1.06. The second-order valence-corrected chi connectivity index (χ2v) is 6.64. The van der Waals surface area contributed by atoms with Gasteiger partial charge in [-0.1, -0.05) is 0 Å². The molecule has 3 aliphatic rings. The van der Waals surface area contributed by atoms with Gasteiger partial charge in [-0.15, -0.1) is 0 Å². The second-order valence-electron chi connectivity index (χ2n) is 6.64. The highest BCUT2D eigenvalue weighted by Crippen LogP contribution is 2.46. The van der Waals surface area contributed by atoms with Gasteiger partial charge >= 0.3 is 0 Å². The first-order chi connectivity index (χ1) is 9.06. The standard InChI is InChI=1S/C14H25N5/c15-13(16)7-1-3-9-10-4-2-8(14(17)18)6-12(10)19-11(9)5-7/h7-12,19H,1-6H2,(H3,15,16)(H3,17,18). The second kappa shape index (κ2) is 4.78. The summed E-state index contributed by atoms with van der Waals surface area (Å²) in [4.78, 5) is 0. The normalized spacial score (nSPS) is 45.3. The maximum Gasteiger partial charge on any atom is 0.0937 e. The lowest BCUT2D eigenvalue weighted by Crippen LogP contribution is -2.40. The highest BCUT2D eigenvalue weighted by atomic mass is 15.0. The van der Waals surface area contributed by atoms with Gasteiger partial charge in [-0.25, -0.2) is 0 Å². The van der Waals surface area contributed by atoms with Crippen molar-refractivity contribution in [2.45, 2.75) is 50.6 Å². The minimum absolute atomic E-state index is 0.275. The Kier molecular flexibility index (Phi) is 3.25. The number of hydrogen-bond acceptors (Lipinski definition) is 3. The van der Waals surface area contributed by atoms with Crippen LogP contribution in [0, 0.1) is 34.5 Å². The van der Waals surface area contributed by atoms with Crippen LogP contribution >= 0.6 is 0 Å². The molecule has 0 aromatic rings. The van der Waals surface area contributed by atoms with Gasteiger partial charge in [0, 0.05) is 23.9 Å². The largest absolute Gasteiger partial charge is 0.387 e. The van der Waals surface area contributed by atoms with Crippen LogP contribution in [0.1, 0.15) is 38.5 Å². The van der Waals surface area contributed by atoms with Crippen LogP contribution in [0.15, 0.2) is 0 Å². The number of rotatable bonds is 2. The monoisotopic (exact) mass is 263 g/mol. The summed E-state index contributed by atoms with van der Waals surface area (Å²) >= 11 is 0. The first-order valence-electron chi connectivity index (χ1n) is 7.50. The lowest BCUT2D eigenvalue weighted by Gasteiger charge is -2.35. The van der Waals surface area contributed by atoms with Gasteiger partial charge in [0.1, 0.15) is 0 Å². The fourth-order valence-electron chi connectivity index (χ4n) is 4.64. The molecule has 5 heteroatoms. The number of nitrogens with two attached hydrogens (primary N) is 2. The molecular formula is C14H25N5. The highest BCUT2D eigenvalue weighted by Gasteiger charge is 2.48. The molecule has 0 aromatic carbocycles. The molecule has 3 rings (SSSR count). The Balaban J connectivity index is 1.67. The third kappa shape index (κ3) is 2.24. The maximum atomic E-state index is 7.64. The molecular weight excluding hydrogens is 238 g/mol. The Labute approximate surface area is 114 Å². The Bertz CT molecular complexity index is 357. The number of nitrogens with one attached hydrogen (secondary N) is 3. The van der Waals surface area contributed by atoms with Crippen LogP contribution < -0.4 is 16.8 Å². The molecule has 2 saturated carbocycles. The van der Waals surface area contributed by atoms with Crippen LogP contribution in [0.5, 0.6) is 0 Å². The lowest BCUT2D eigenvalue weighted by atomic mass is 9.69. The molecule has 7 N–H and O–H groups in total. The van der Waals surface area contributed by atoms with Crippen molar-refractivity contribution in [3.63, 3.8) is 0 Å². The van der Waals surface area contributed by atoms with Crippen LogP contribution in [-0.4, -0.2) is 23.8 Å². The molecule has 6 unspecified atom stereocenters. The van der Waals surface area contributed by atoms with Crippen molar-refractivity contribution in [1.82, 2.24) is 5.32 Å². The summed E-state index contributed by atoms with van der Waals surface area (Å²) < 4.78 is 0. The molecule has 0 aromatic heterocycles. The molecule has 1 aliphatic heterocycles. The third-order valence-corrected chi connectivity index (χ3v) is 5.67. The molecule has 2 aliphatic carbocycles. The van der Waals surface area contributed by atoms with Gasteiger partial charge in [-0.2, -0.15) is 0 Å². The summed E-state index contributed by atoms with van der Waals surface area (Å²) in [5.41, 5.74) is 11.3. The van der Waals surface area contributed by atoms with Crippen LogP contribution in [0.25, 0.3) is 0 Å². The molecule has 5 nitrogen and oxygen atoms in total. The Hall–Kier alpha value is -1.10. The van der Waals surface area contributed by atoms with E-state index in [0.717, 1.165) is 37.5 Å². The van der Waals surface area contributed by atoms with Crippen molar-refractivity contribution in [3.05, 3.63) is 0 Å². The van der Waals surface area contributed by atoms with Crippen molar-refractivity contribution < 1.29 is 0 Å². The summed E-state index contributed by atoms with van der Waals surface area (Å²) in [6.45, 7) is 0. The van der Waals surface area contributed by atoms with Crippen LogP contribution in [-0.2, 0) is 0 Å². The summed E-state index contributed by atoms with van der Waals surface area (Å²) in [5, 5.41) is 19.0. The van der Waals surface area contributed by atoms with Crippen molar-refractivity contribution in [2.75, 3.05) is 0 Å². The van der Waals surface area contributed by atoms with Crippen LogP contribution in [0.4, 0.5) is 0 Å². The van der Waals surface area contributed by atoms with Gasteiger partial charge in [0.15, 0.2) is 0 Å². The Morgan fingerprint density at radius 1 is 0.789 bits per heavy atom. The molecule has 1 saturated heterocycles. The van der Waals surface area contributed by atoms with Gasteiger partial charge < -0.3 is 16.8 Å². The molecule has 0 spiro atoms. The van der Waals surface area contributed by atoms with Gasteiger partial charge in [-0.05, 0) is 50.4 Å². The lowest BCUT2D eigenvalue weighted by molar-refractivity contribution is 0.206. The Morgan fingerprint density at radius 3 is 1.58 bits per heavy atom. The van der Waals surface area contributed by atoms with Gasteiger partial charge in [0.25, 0.3) is 0 Å². The van der Waals surface area contributed by atoms with E-state index in [0.29, 0.717) is 23.8 Å². The number of fused-ring (bicyclic) bond motifs is 3. The molecule has 3 fully saturated rings. The van der Waals surface area contributed by atoms with Gasteiger partial charge in [-0.3, -0.25) is 10.8 Å². The van der Waals surface area contributed by atoms with E-state index in [4.69, 9.17) is 22.3 Å². The zero-order valence-corrected chi connectivity index (χ0v) is 11.4. The van der Waals surface area contributed by atoms with Crippen molar-refractivity contribution in [1.29, 1.82) is 10.8 Å². The summed E-state index contributed by atoms with van der Waals surface area (Å²) in [5.74, 6) is 2.78. The average molecular weight is 263 g/mol. The van der Waals surface area contributed by atoms with E-state index in [1.165, 1.54) is 12.8 Å². The fourth-order valence-corrected chi connectivity index (χ4v) is 4.64. The van der Waals surface area contributed by atoms with E-state index in [-0.39, 0.29) is 11.8 Å². The van der Waals surface area contributed by atoms with Gasteiger partial charge in [0.2, 0.25) is 0 Å².